The van der Waals surface area contributed by atoms with E-state index >= 15 is 0 Å². The molecule has 3 heteroatoms. The zero-order chi connectivity index (χ0) is 12.1. The summed E-state index contributed by atoms with van der Waals surface area (Å²) < 4.78 is 5.69. The number of hydrogen-bond donors (Lipinski definition) is 1. The van der Waals surface area contributed by atoms with Gasteiger partial charge >= 0.3 is 0 Å². The van der Waals surface area contributed by atoms with E-state index in [2.05, 4.69) is 11.8 Å². The first kappa shape index (κ1) is 13.3. The van der Waals surface area contributed by atoms with E-state index in [9.17, 15) is 0 Å². The molecule has 0 aromatic heterocycles. The topological polar surface area (TPSA) is 38.5 Å². The summed E-state index contributed by atoms with van der Waals surface area (Å²) in [4.78, 5) is 2.56. The second-order valence-corrected chi connectivity index (χ2v) is 5.85. The summed E-state index contributed by atoms with van der Waals surface area (Å²) in [5, 5.41) is 0. The Balaban J connectivity index is 1.73. The zero-order valence-corrected chi connectivity index (χ0v) is 11.3. The molecular weight excluding hydrogens is 212 g/mol. The van der Waals surface area contributed by atoms with Crippen LogP contribution < -0.4 is 5.73 Å². The summed E-state index contributed by atoms with van der Waals surface area (Å²) in [5.74, 6) is 0. The number of rotatable bonds is 4. The van der Waals surface area contributed by atoms with Crippen LogP contribution >= 0.6 is 0 Å². The first-order valence-corrected chi connectivity index (χ1v) is 7.35. The predicted octanol–water partition coefficient (Wildman–Crippen LogP) is 2.15. The van der Waals surface area contributed by atoms with Crippen molar-refractivity contribution >= 4 is 0 Å². The van der Waals surface area contributed by atoms with Crippen LogP contribution in [0.25, 0.3) is 0 Å². The van der Waals surface area contributed by atoms with E-state index in [-0.39, 0.29) is 5.54 Å². The summed E-state index contributed by atoms with van der Waals surface area (Å²) >= 11 is 0. The molecule has 3 nitrogen and oxygen atoms in total. The molecular formula is C14H28N2O. The first-order chi connectivity index (χ1) is 8.22. The molecule has 0 aromatic carbocycles. The standard InChI is InChI=1S/C14H28N2O/c1-2-17-13-6-10-16(11-7-13)12-14(15)8-4-3-5-9-14/h13H,2-12,15H2,1H3. The minimum Gasteiger partial charge on any atom is -0.378 e. The van der Waals surface area contributed by atoms with Gasteiger partial charge in [0.1, 0.15) is 0 Å². The highest BCUT2D eigenvalue weighted by Gasteiger charge is 2.31. The maximum Gasteiger partial charge on any atom is 0.0599 e. The van der Waals surface area contributed by atoms with E-state index in [0.717, 1.165) is 13.2 Å². The van der Waals surface area contributed by atoms with Gasteiger partial charge in [0.15, 0.2) is 0 Å². The first-order valence-electron chi connectivity index (χ1n) is 7.35. The van der Waals surface area contributed by atoms with Gasteiger partial charge in [0.2, 0.25) is 0 Å². The van der Waals surface area contributed by atoms with Crippen molar-refractivity contribution in [3.8, 4) is 0 Å². The largest absolute Gasteiger partial charge is 0.378 e. The maximum absolute atomic E-state index is 6.51. The minimum atomic E-state index is 0.108. The van der Waals surface area contributed by atoms with Crippen molar-refractivity contribution in [2.45, 2.75) is 63.5 Å². The molecule has 0 aromatic rings. The Morgan fingerprint density at radius 2 is 1.82 bits per heavy atom. The molecule has 1 saturated heterocycles. The summed E-state index contributed by atoms with van der Waals surface area (Å²) in [6, 6.07) is 0. The fourth-order valence-electron chi connectivity index (χ4n) is 3.33. The van der Waals surface area contributed by atoms with E-state index in [1.54, 1.807) is 0 Å². The Labute approximate surface area is 106 Å². The lowest BCUT2D eigenvalue weighted by molar-refractivity contribution is 0.00780. The van der Waals surface area contributed by atoms with Gasteiger partial charge in [0.25, 0.3) is 0 Å². The van der Waals surface area contributed by atoms with Crippen LogP contribution in [0, 0.1) is 0 Å². The van der Waals surface area contributed by atoms with Gasteiger partial charge in [0.05, 0.1) is 6.10 Å². The number of nitrogens with zero attached hydrogens (tertiary/aromatic N) is 1. The van der Waals surface area contributed by atoms with Crippen molar-refractivity contribution in [2.75, 3.05) is 26.2 Å². The molecule has 1 aliphatic carbocycles. The summed E-state index contributed by atoms with van der Waals surface area (Å²) in [7, 11) is 0. The van der Waals surface area contributed by atoms with E-state index in [1.807, 2.05) is 0 Å². The predicted molar refractivity (Wildman–Crippen MR) is 71.1 cm³/mol. The van der Waals surface area contributed by atoms with Crippen molar-refractivity contribution in [1.29, 1.82) is 0 Å². The van der Waals surface area contributed by atoms with Crippen LogP contribution in [-0.2, 0) is 4.74 Å². The van der Waals surface area contributed by atoms with Gasteiger partial charge in [-0.25, -0.2) is 0 Å². The van der Waals surface area contributed by atoms with Crippen LogP contribution in [0.4, 0.5) is 0 Å². The molecule has 1 aliphatic heterocycles. The van der Waals surface area contributed by atoms with Gasteiger partial charge in [-0.15, -0.1) is 0 Å². The molecule has 1 saturated carbocycles. The highest BCUT2D eigenvalue weighted by molar-refractivity contribution is 4.91. The lowest BCUT2D eigenvalue weighted by Gasteiger charge is -2.40. The van der Waals surface area contributed by atoms with E-state index < -0.39 is 0 Å². The molecule has 0 bridgehead atoms. The van der Waals surface area contributed by atoms with Crippen molar-refractivity contribution in [3.05, 3.63) is 0 Å². The molecule has 2 N–H and O–H groups in total. The van der Waals surface area contributed by atoms with E-state index in [0.29, 0.717) is 6.10 Å². The average Bonchev–Trinajstić information content (AvgIpc) is 2.33. The van der Waals surface area contributed by atoms with Crippen LogP contribution in [-0.4, -0.2) is 42.8 Å². The van der Waals surface area contributed by atoms with Crippen LogP contribution in [0.5, 0.6) is 0 Å². The third-order valence-corrected chi connectivity index (χ3v) is 4.32. The number of hydrogen-bond acceptors (Lipinski definition) is 3. The Morgan fingerprint density at radius 1 is 1.18 bits per heavy atom. The monoisotopic (exact) mass is 240 g/mol. The Bertz CT molecular complexity index is 218. The summed E-state index contributed by atoms with van der Waals surface area (Å²) in [6.45, 7) is 6.38. The molecule has 1 heterocycles. The SMILES string of the molecule is CCOC1CCN(CC2(N)CCCCC2)CC1. The Hall–Kier alpha value is -0.120. The highest BCUT2D eigenvalue weighted by Crippen LogP contribution is 2.27. The number of likely N-dealkylation sites (tertiary alicyclic amines) is 1. The molecule has 2 rings (SSSR count). The van der Waals surface area contributed by atoms with Crippen molar-refractivity contribution in [1.82, 2.24) is 4.90 Å². The van der Waals surface area contributed by atoms with Gasteiger partial charge in [-0.2, -0.15) is 0 Å². The van der Waals surface area contributed by atoms with Crippen LogP contribution in [0.1, 0.15) is 51.9 Å². The Kier molecular flexibility index (Phi) is 4.83. The molecule has 0 atom stereocenters. The molecule has 0 amide bonds. The molecule has 0 spiro atoms. The van der Waals surface area contributed by atoms with Crippen LogP contribution in [0.3, 0.4) is 0 Å². The zero-order valence-electron chi connectivity index (χ0n) is 11.3. The van der Waals surface area contributed by atoms with Gasteiger partial charge in [-0.3, -0.25) is 0 Å². The normalized spacial score (nSPS) is 27.2. The van der Waals surface area contributed by atoms with Crippen molar-refractivity contribution < 1.29 is 4.74 Å². The number of ether oxygens (including phenoxy) is 1. The third kappa shape index (κ3) is 3.94. The van der Waals surface area contributed by atoms with Gasteiger partial charge < -0.3 is 15.4 Å². The fraction of sp³-hybridized carbons (Fsp3) is 1.00. The molecule has 2 fully saturated rings. The van der Waals surface area contributed by atoms with Crippen LogP contribution in [0.15, 0.2) is 0 Å². The second kappa shape index (κ2) is 6.17. The van der Waals surface area contributed by atoms with Gasteiger partial charge in [0, 0.05) is 31.8 Å². The van der Waals surface area contributed by atoms with Crippen molar-refractivity contribution in [2.24, 2.45) is 5.73 Å². The molecule has 0 radical (unpaired) electrons. The van der Waals surface area contributed by atoms with Crippen molar-refractivity contribution in [3.63, 3.8) is 0 Å². The fourth-order valence-corrected chi connectivity index (χ4v) is 3.33. The maximum atomic E-state index is 6.51. The van der Waals surface area contributed by atoms with E-state index in [4.69, 9.17) is 10.5 Å². The quantitative estimate of drug-likeness (QED) is 0.818. The molecule has 2 aliphatic rings. The van der Waals surface area contributed by atoms with Gasteiger partial charge in [-0.05, 0) is 32.6 Å². The highest BCUT2D eigenvalue weighted by atomic mass is 16.5. The third-order valence-electron chi connectivity index (χ3n) is 4.32. The molecule has 100 valence electrons. The summed E-state index contributed by atoms with van der Waals surface area (Å²) in [6.07, 6.45) is 9.34. The lowest BCUT2D eigenvalue weighted by atomic mass is 9.82. The lowest BCUT2D eigenvalue weighted by Crippen LogP contribution is -2.53. The number of piperidine rings is 1. The molecule has 0 unspecified atom stereocenters. The van der Waals surface area contributed by atoms with E-state index in [1.165, 1.54) is 58.0 Å². The number of nitrogens with two attached hydrogens (primary N) is 1. The van der Waals surface area contributed by atoms with Crippen LogP contribution in [0.2, 0.25) is 0 Å². The Morgan fingerprint density at radius 3 is 2.41 bits per heavy atom. The average molecular weight is 240 g/mol. The van der Waals surface area contributed by atoms with Gasteiger partial charge in [-0.1, -0.05) is 19.3 Å². The second-order valence-electron chi connectivity index (χ2n) is 5.85. The minimum absolute atomic E-state index is 0.108. The smallest absolute Gasteiger partial charge is 0.0599 e. The molecule has 17 heavy (non-hydrogen) atoms. The summed E-state index contributed by atoms with van der Waals surface area (Å²) in [5.41, 5.74) is 6.62.